The van der Waals surface area contributed by atoms with Crippen molar-refractivity contribution in [3.8, 4) is 0 Å². The summed E-state index contributed by atoms with van der Waals surface area (Å²) in [6, 6.07) is 1.47. The molecule has 0 aliphatic rings. The summed E-state index contributed by atoms with van der Waals surface area (Å²) >= 11 is 0. The van der Waals surface area contributed by atoms with Gasteiger partial charge in [-0.1, -0.05) is 13.3 Å². The van der Waals surface area contributed by atoms with Crippen LogP contribution in [0.15, 0.2) is 18.5 Å². The molecule has 0 unspecified atom stereocenters. The molecule has 5 nitrogen and oxygen atoms in total. The van der Waals surface area contributed by atoms with E-state index in [2.05, 4.69) is 10.4 Å². The van der Waals surface area contributed by atoms with Crippen molar-refractivity contribution in [1.82, 2.24) is 15.1 Å². The normalized spacial score (nSPS) is 12.4. The molecular formula is C10H18N4O. The number of hydrogen-bond donors (Lipinski definition) is 2. The third kappa shape index (κ3) is 4.12. The molecule has 84 valence electrons. The summed E-state index contributed by atoms with van der Waals surface area (Å²) in [6.07, 6.45) is 5.23. The number of rotatable bonds is 6. The zero-order chi connectivity index (χ0) is 11.1. The molecule has 0 saturated heterocycles. The van der Waals surface area contributed by atoms with E-state index in [9.17, 15) is 4.79 Å². The number of carbonyl (C=O) groups excluding carboxylic acids is 1. The molecule has 0 fully saturated rings. The molecule has 1 aromatic heterocycles. The molecule has 0 saturated carbocycles. The first kappa shape index (κ1) is 11.7. The third-order valence-electron chi connectivity index (χ3n) is 2.14. The minimum absolute atomic E-state index is 0.0796. The highest BCUT2D eigenvalue weighted by Crippen LogP contribution is 1.92. The number of nitrogens with two attached hydrogens (primary N) is 1. The fourth-order valence-electron chi connectivity index (χ4n) is 1.30. The van der Waals surface area contributed by atoms with Crippen LogP contribution in [0, 0.1) is 0 Å². The third-order valence-corrected chi connectivity index (χ3v) is 2.14. The molecule has 1 aromatic rings. The number of nitrogens with one attached hydrogen (secondary N) is 1. The zero-order valence-corrected chi connectivity index (χ0v) is 9.02. The lowest BCUT2D eigenvalue weighted by molar-refractivity contribution is -0.122. The minimum atomic E-state index is -0.382. The predicted octanol–water partition coefficient (Wildman–Crippen LogP) is 0.127. The Labute approximate surface area is 89.6 Å². The first-order chi connectivity index (χ1) is 7.24. The van der Waals surface area contributed by atoms with Crippen LogP contribution in [-0.4, -0.2) is 28.3 Å². The molecule has 0 bridgehead atoms. The van der Waals surface area contributed by atoms with Gasteiger partial charge in [-0.05, 0) is 12.5 Å². The number of aromatic nitrogens is 2. The molecule has 1 heterocycles. The van der Waals surface area contributed by atoms with Gasteiger partial charge in [0.2, 0.25) is 5.91 Å². The van der Waals surface area contributed by atoms with Crippen LogP contribution < -0.4 is 11.1 Å². The van der Waals surface area contributed by atoms with Crippen LogP contribution >= 0.6 is 0 Å². The second-order valence-corrected chi connectivity index (χ2v) is 3.46. The first-order valence-corrected chi connectivity index (χ1v) is 5.24. The van der Waals surface area contributed by atoms with Gasteiger partial charge >= 0.3 is 0 Å². The van der Waals surface area contributed by atoms with E-state index in [-0.39, 0.29) is 11.9 Å². The molecule has 5 heteroatoms. The molecule has 0 aliphatic carbocycles. The van der Waals surface area contributed by atoms with Gasteiger partial charge in [-0.25, -0.2) is 0 Å². The Balaban J connectivity index is 2.17. The summed E-state index contributed by atoms with van der Waals surface area (Å²) in [5.74, 6) is -0.0796. The van der Waals surface area contributed by atoms with Crippen LogP contribution in [0.25, 0.3) is 0 Å². The van der Waals surface area contributed by atoms with E-state index < -0.39 is 0 Å². The summed E-state index contributed by atoms with van der Waals surface area (Å²) in [4.78, 5) is 11.4. The van der Waals surface area contributed by atoms with Gasteiger partial charge in [0, 0.05) is 18.9 Å². The van der Waals surface area contributed by atoms with Crippen molar-refractivity contribution in [2.75, 3.05) is 6.54 Å². The van der Waals surface area contributed by atoms with E-state index >= 15 is 0 Å². The van der Waals surface area contributed by atoms with Gasteiger partial charge in [0.15, 0.2) is 0 Å². The molecule has 3 N–H and O–H groups in total. The van der Waals surface area contributed by atoms with Gasteiger partial charge < -0.3 is 11.1 Å². The SMILES string of the molecule is CCC[C@H](N)C(=O)NCCn1cccn1. The molecule has 1 amide bonds. The van der Waals surface area contributed by atoms with Crippen LogP contribution in [-0.2, 0) is 11.3 Å². The maximum Gasteiger partial charge on any atom is 0.236 e. The minimum Gasteiger partial charge on any atom is -0.353 e. The van der Waals surface area contributed by atoms with Crippen molar-refractivity contribution in [3.63, 3.8) is 0 Å². The molecular weight excluding hydrogens is 192 g/mol. The molecule has 1 rings (SSSR count). The Morgan fingerprint density at radius 3 is 3.07 bits per heavy atom. The number of hydrogen-bond acceptors (Lipinski definition) is 3. The van der Waals surface area contributed by atoms with E-state index in [0.717, 1.165) is 12.8 Å². The summed E-state index contributed by atoms with van der Waals surface area (Å²) in [5, 5.41) is 6.81. The van der Waals surface area contributed by atoms with Crippen molar-refractivity contribution < 1.29 is 4.79 Å². The maximum atomic E-state index is 11.4. The molecule has 0 spiro atoms. The van der Waals surface area contributed by atoms with Crippen molar-refractivity contribution in [2.45, 2.75) is 32.4 Å². The second kappa shape index (κ2) is 6.19. The number of nitrogens with zero attached hydrogens (tertiary/aromatic N) is 2. The summed E-state index contributed by atoms with van der Waals surface area (Å²) in [6.45, 7) is 3.26. The van der Waals surface area contributed by atoms with Gasteiger partial charge in [0.05, 0.1) is 12.6 Å². The van der Waals surface area contributed by atoms with Gasteiger partial charge in [-0.3, -0.25) is 9.48 Å². The van der Waals surface area contributed by atoms with E-state index in [1.807, 2.05) is 19.2 Å². The summed E-state index contributed by atoms with van der Waals surface area (Å²) in [7, 11) is 0. The Morgan fingerprint density at radius 2 is 2.47 bits per heavy atom. The van der Waals surface area contributed by atoms with Crippen molar-refractivity contribution in [2.24, 2.45) is 5.73 Å². The predicted molar refractivity (Wildman–Crippen MR) is 58.1 cm³/mol. The van der Waals surface area contributed by atoms with Crippen LogP contribution in [0.4, 0.5) is 0 Å². The Morgan fingerprint density at radius 1 is 1.67 bits per heavy atom. The topological polar surface area (TPSA) is 72.9 Å². The average Bonchev–Trinajstić information content (AvgIpc) is 2.71. The van der Waals surface area contributed by atoms with Crippen molar-refractivity contribution >= 4 is 5.91 Å². The van der Waals surface area contributed by atoms with Crippen molar-refractivity contribution in [1.29, 1.82) is 0 Å². The highest BCUT2D eigenvalue weighted by Gasteiger charge is 2.10. The average molecular weight is 210 g/mol. The number of carbonyl (C=O) groups is 1. The fraction of sp³-hybridized carbons (Fsp3) is 0.600. The standard InChI is InChI=1S/C10H18N4O/c1-2-4-9(11)10(15)12-6-8-14-7-3-5-13-14/h3,5,7,9H,2,4,6,8,11H2,1H3,(H,12,15)/t9-/m0/s1. The molecule has 0 radical (unpaired) electrons. The zero-order valence-electron chi connectivity index (χ0n) is 9.02. The highest BCUT2D eigenvalue weighted by atomic mass is 16.2. The summed E-state index contributed by atoms with van der Waals surface area (Å²) in [5.41, 5.74) is 5.65. The quantitative estimate of drug-likeness (QED) is 0.700. The first-order valence-electron chi connectivity index (χ1n) is 5.24. The largest absolute Gasteiger partial charge is 0.353 e. The lowest BCUT2D eigenvalue weighted by Gasteiger charge is -2.10. The van der Waals surface area contributed by atoms with E-state index in [4.69, 9.17) is 5.73 Å². The van der Waals surface area contributed by atoms with Gasteiger partial charge in [0.25, 0.3) is 0 Å². The van der Waals surface area contributed by atoms with Gasteiger partial charge in [-0.2, -0.15) is 5.10 Å². The lowest BCUT2D eigenvalue weighted by Crippen LogP contribution is -2.41. The highest BCUT2D eigenvalue weighted by molar-refractivity contribution is 5.81. The monoisotopic (exact) mass is 210 g/mol. The van der Waals surface area contributed by atoms with Crippen molar-refractivity contribution in [3.05, 3.63) is 18.5 Å². The van der Waals surface area contributed by atoms with Gasteiger partial charge in [0.1, 0.15) is 0 Å². The Bertz CT molecular complexity index is 284. The van der Waals surface area contributed by atoms with Crippen LogP contribution in [0.5, 0.6) is 0 Å². The molecule has 15 heavy (non-hydrogen) atoms. The Hall–Kier alpha value is -1.36. The second-order valence-electron chi connectivity index (χ2n) is 3.46. The number of amides is 1. The van der Waals surface area contributed by atoms with E-state index in [1.165, 1.54) is 0 Å². The van der Waals surface area contributed by atoms with Crippen LogP contribution in [0.2, 0.25) is 0 Å². The maximum absolute atomic E-state index is 11.4. The lowest BCUT2D eigenvalue weighted by atomic mass is 10.2. The Kier molecular flexibility index (Phi) is 4.83. The fourth-order valence-corrected chi connectivity index (χ4v) is 1.30. The van der Waals surface area contributed by atoms with E-state index in [0.29, 0.717) is 13.1 Å². The smallest absolute Gasteiger partial charge is 0.236 e. The molecule has 1 atom stereocenters. The van der Waals surface area contributed by atoms with E-state index in [1.54, 1.807) is 10.9 Å². The molecule has 0 aromatic carbocycles. The van der Waals surface area contributed by atoms with Gasteiger partial charge in [-0.15, -0.1) is 0 Å². The van der Waals surface area contributed by atoms with Crippen LogP contribution in [0.3, 0.4) is 0 Å². The summed E-state index contributed by atoms with van der Waals surface area (Å²) < 4.78 is 1.77. The van der Waals surface area contributed by atoms with Crippen LogP contribution in [0.1, 0.15) is 19.8 Å². The molecule has 0 aliphatic heterocycles.